The molecule has 0 atom stereocenters. The molecule has 30 heavy (non-hydrogen) atoms. The van der Waals surface area contributed by atoms with Crippen molar-refractivity contribution in [2.24, 2.45) is 0 Å². The van der Waals surface area contributed by atoms with Gasteiger partial charge in [0.25, 0.3) is 0 Å². The number of aromatic nitrogens is 3. The van der Waals surface area contributed by atoms with Crippen LogP contribution in [0.4, 0.5) is 5.69 Å². The SMILES string of the molecule is CCn1c(COc2ccc(C(C)C)cc2)nnc1SCC(=O)Nc1cccc(C)c1. The molecule has 0 radical (unpaired) electrons. The van der Waals surface area contributed by atoms with Crippen molar-refractivity contribution in [1.82, 2.24) is 14.8 Å². The van der Waals surface area contributed by atoms with E-state index in [-0.39, 0.29) is 11.7 Å². The van der Waals surface area contributed by atoms with Gasteiger partial charge in [0.2, 0.25) is 5.91 Å². The lowest BCUT2D eigenvalue weighted by atomic mass is 10.0. The van der Waals surface area contributed by atoms with Crippen molar-refractivity contribution >= 4 is 23.4 Å². The molecule has 1 N–H and O–H groups in total. The molecule has 0 aliphatic heterocycles. The minimum atomic E-state index is -0.0701. The third kappa shape index (κ3) is 5.86. The van der Waals surface area contributed by atoms with Gasteiger partial charge in [-0.3, -0.25) is 4.79 Å². The van der Waals surface area contributed by atoms with Crippen LogP contribution in [-0.2, 0) is 17.9 Å². The first-order valence-corrected chi connectivity index (χ1v) is 11.1. The molecule has 6 nitrogen and oxygen atoms in total. The van der Waals surface area contributed by atoms with E-state index in [0.29, 0.717) is 24.2 Å². The standard InChI is InChI=1S/C23H28N4O2S/c1-5-27-21(14-29-20-11-9-18(10-12-20)16(2)3)25-26-23(27)30-15-22(28)24-19-8-6-7-17(4)13-19/h6-13,16H,5,14-15H2,1-4H3,(H,24,28). The molecular formula is C23H28N4O2S. The quantitative estimate of drug-likeness (QED) is 0.487. The van der Waals surface area contributed by atoms with Crippen molar-refractivity contribution in [2.45, 2.75) is 51.9 Å². The molecule has 0 bridgehead atoms. The van der Waals surface area contributed by atoms with E-state index in [1.165, 1.54) is 17.3 Å². The number of anilines is 1. The van der Waals surface area contributed by atoms with Gasteiger partial charge in [-0.25, -0.2) is 0 Å². The van der Waals surface area contributed by atoms with E-state index < -0.39 is 0 Å². The summed E-state index contributed by atoms with van der Waals surface area (Å²) in [6, 6.07) is 15.9. The summed E-state index contributed by atoms with van der Waals surface area (Å²) in [5, 5.41) is 12.1. The Hall–Kier alpha value is -2.80. The number of hydrogen-bond acceptors (Lipinski definition) is 5. The molecule has 158 valence electrons. The number of benzene rings is 2. The first-order valence-electron chi connectivity index (χ1n) is 10.1. The van der Waals surface area contributed by atoms with Gasteiger partial charge < -0.3 is 14.6 Å². The number of amides is 1. The molecular weight excluding hydrogens is 396 g/mol. The Kier molecular flexibility index (Phi) is 7.52. The molecule has 1 amide bonds. The third-order valence-corrected chi connectivity index (χ3v) is 5.63. The monoisotopic (exact) mass is 424 g/mol. The zero-order chi connectivity index (χ0) is 21.5. The maximum atomic E-state index is 12.3. The van der Waals surface area contributed by atoms with Crippen LogP contribution in [0, 0.1) is 6.92 Å². The molecule has 0 fully saturated rings. The fourth-order valence-electron chi connectivity index (χ4n) is 3.00. The van der Waals surface area contributed by atoms with Crippen molar-refractivity contribution in [3.05, 3.63) is 65.5 Å². The Labute approximate surface area is 182 Å². The molecule has 0 saturated heterocycles. The molecule has 1 aromatic heterocycles. The maximum absolute atomic E-state index is 12.3. The lowest BCUT2D eigenvalue weighted by Gasteiger charge is -2.10. The van der Waals surface area contributed by atoms with Crippen molar-refractivity contribution in [2.75, 3.05) is 11.1 Å². The van der Waals surface area contributed by atoms with Crippen LogP contribution in [0.5, 0.6) is 5.75 Å². The van der Waals surface area contributed by atoms with Crippen LogP contribution >= 0.6 is 11.8 Å². The van der Waals surface area contributed by atoms with E-state index in [1.54, 1.807) is 0 Å². The van der Waals surface area contributed by atoms with E-state index in [1.807, 2.05) is 54.8 Å². The molecule has 3 rings (SSSR count). The van der Waals surface area contributed by atoms with Crippen LogP contribution in [0.15, 0.2) is 53.7 Å². The smallest absolute Gasteiger partial charge is 0.234 e. The van der Waals surface area contributed by atoms with Crippen molar-refractivity contribution in [3.63, 3.8) is 0 Å². The van der Waals surface area contributed by atoms with Gasteiger partial charge in [-0.1, -0.05) is 49.9 Å². The average molecular weight is 425 g/mol. The van der Waals surface area contributed by atoms with Gasteiger partial charge in [0.05, 0.1) is 5.75 Å². The number of nitrogens with zero attached hydrogens (tertiary/aromatic N) is 3. The molecule has 0 unspecified atom stereocenters. The largest absolute Gasteiger partial charge is 0.486 e. The number of carbonyl (C=O) groups is 1. The first kappa shape index (κ1) is 21.9. The predicted octanol–water partition coefficient (Wildman–Crippen LogP) is 5.04. The second kappa shape index (κ2) is 10.3. The highest BCUT2D eigenvalue weighted by molar-refractivity contribution is 7.99. The summed E-state index contributed by atoms with van der Waals surface area (Å²) >= 11 is 1.37. The lowest BCUT2D eigenvalue weighted by molar-refractivity contribution is -0.113. The molecule has 3 aromatic rings. The van der Waals surface area contributed by atoms with E-state index in [0.717, 1.165) is 22.8 Å². The van der Waals surface area contributed by atoms with E-state index >= 15 is 0 Å². The van der Waals surface area contributed by atoms with Crippen LogP contribution in [0.1, 0.15) is 43.6 Å². The van der Waals surface area contributed by atoms with Crippen molar-refractivity contribution < 1.29 is 9.53 Å². The third-order valence-electron chi connectivity index (χ3n) is 4.66. The molecule has 1 heterocycles. The summed E-state index contributed by atoms with van der Waals surface area (Å²) in [6.07, 6.45) is 0. The fraction of sp³-hybridized carbons (Fsp3) is 0.348. The number of rotatable bonds is 9. The second-order valence-electron chi connectivity index (χ2n) is 7.36. The highest BCUT2D eigenvalue weighted by atomic mass is 32.2. The number of hydrogen-bond donors (Lipinski definition) is 1. The first-order chi connectivity index (χ1) is 14.5. The zero-order valence-electron chi connectivity index (χ0n) is 17.9. The van der Waals surface area contributed by atoms with Gasteiger partial charge in [0, 0.05) is 12.2 Å². The van der Waals surface area contributed by atoms with Crippen LogP contribution in [0.2, 0.25) is 0 Å². The minimum Gasteiger partial charge on any atom is -0.486 e. The highest BCUT2D eigenvalue weighted by Gasteiger charge is 2.14. The topological polar surface area (TPSA) is 69.0 Å². The van der Waals surface area contributed by atoms with Gasteiger partial charge >= 0.3 is 0 Å². The van der Waals surface area contributed by atoms with Crippen LogP contribution in [-0.4, -0.2) is 26.4 Å². The Morgan fingerprint density at radius 3 is 2.60 bits per heavy atom. The lowest BCUT2D eigenvalue weighted by Crippen LogP contribution is -2.15. The Morgan fingerprint density at radius 2 is 1.93 bits per heavy atom. The Balaban J connectivity index is 1.56. The van der Waals surface area contributed by atoms with Crippen LogP contribution in [0.25, 0.3) is 0 Å². The van der Waals surface area contributed by atoms with Crippen LogP contribution in [0.3, 0.4) is 0 Å². The molecule has 0 spiro atoms. The van der Waals surface area contributed by atoms with E-state index in [9.17, 15) is 4.79 Å². The zero-order valence-corrected chi connectivity index (χ0v) is 18.7. The highest BCUT2D eigenvalue weighted by Crippen LogP contribution is 2.21. The molecule has 2 aromatic carbocycles. The molecule has 0 saturated carbocycles. The average Bonchev–Trinajstić information content (AvgIpc) is 3.13. The predicted molar refractivity (Wildman–Crippen MR) is 121 cm³/mol. The minimum absolute atomic E-state index is 0.0701. The van der Waals surface area contributed by atoms with Gasteiger partial charge in [0.15, 0.2) is 11.0 Å². The fourth-order valence-corrected chi connectivity index (χ4v) is 3.82. The van der Waals surface area contributed by atoms with Gasteiger partial charge in [0.1, 0.15) is 12.4 Å². The molecule has 0 aliphatic carbocycles. The van der Waals surface area contributed by atoms with Gasteiger partial charge in [-0.05, 0) is 55.2 Å². The summed E-state index contributed by atoms with van der Waals surface area (Å²) in [5.74, 6) is 2.23. The number of ether oxygens (including phenoxy) is 1. The summed E-state index contributed by atoms with van der Waals surface area (Å²) in [4.78, 5) is 12.3. The molecule has 7 heteroatoms. The second-order valence-corrected chi connectivity index (χ2v) is 8.30. The van der Waals surface area contributed by atoms with Crippen molar-refractivity contribution in [1.29, 1.82) is 0 Å². The van der Waals surface area contributed by atoms with Gasteiger partial charge in [-0.2, -0.15) is 0 Å². The number of carbonyl (C=O) groups excluding carboxylic acids is 1. The summed E-state index contributed by atoms with van der Waals surface area (Å²) < 4.78 is 7.87. The Bertz CT molecular complexity index is 983. The summed E-state index contributed by atoms with van der Waals surface area (Å²) in [7, 11) is 0. The van der Waals surface area contributed by atoms with Crippen LogP contribution < -0.4 is 10.1 Å². The number of nitrogens with one attached hydrogen (secondary N) is 1. The Morgan fingerprint density at radius 1 is 1.17 bits per heavy atom. The number of thioether (sulfide) groups is 1. The van der Waals surface area contributed by atoms with E-state index in [2.05, 4.69) is 41.5 Å². The summed E-state index contributed by atoms with van der Waals surface area (Å²) in [5.41, 5.74) is 3.19. The van der Waals surface area contributed by atoms with E-state index in [4.69, 9.17) is 4.74 Å². The molecule has 0 aliphatic rings. The maximum Gasteiger partial charge on any atom is 0.234 e. The summed E-state index contributed by atoms with van der Waals surface area (Å²) in [6.45, 7) is 9.40. The normalized spacial score (nSPS) is 11.0. The van der Waals surface area contributed by atoms with Crippen molar-refractivity contribution in [3.8, 4) is 5.75 Å². The number of aryl methyl sites for hydroxylation is 1. The van der Waals surface area contributed by atoms with Gasteiger partial charge in [-0.15, -0.1) is 10.2 Å².